The van der Waals surface area contributed by atoms with Gasteiger partial charge in [-0.2, -0.15) is 0 Å². The molecule has 1 aliphatic heterocycles. The molecule has 0 amide bonds. The molecule has 0 spiro atoms. The van der Waals surface area contributed by atoms with Crippen LogP contribution >= 0.6 is 0 Å². The smallest absolute Gasteiger partial charge is 0.0893 e. The van der Waals surface area contributed by atoms with E-state index in [9.17, 15) is 0 Å². The molecule has 21 heavy (non-hydrogen) atoms. The van der Waals surface area contributed by atoms with Crippen LogP contribution in [0.4, 0.5) is 0 Å². The molecule has 2 aliphatic rings. The molecule has 1 fully saturated rings. The zero-order valence-electron chi connectivity index (χ0n) is 14.2. The van der Waals surface area contributed by atoms with Gasteiger partial charge in [-0.1, -0.05) is 25.0 Å². The predicted molar refractivity (Wildman–Crippen MR) is 89.7 cm³/mol. The van der Waals surface area contributed by atoms with Gasteiger partial charge in [0.15, 0.2) is 0 Å². The van der Waals surface area contributed by atoms with Crippen molar-refractivity contribution in [3.63, 3.8) is 0 Å². The lowest BCUT2D eigenvalue weighted by Crippen LogP contribution is -2.54. The van der Waals surface area contributed by atoms with Gasteiger partial charge < -0.3 is 10.1 Å². The minimum Gasteiger partial charge on any atom is -0.374 e. The molecule has 1 aliphatic carbocycles. The average Bonchev–Trinajstić information content (AvgIpc) is 2.77. The molecule has 3 heteroatoms. The molecule has 0 radical (unpaired) electrons. The van der Waals surface area contributed by atoms with Gasteiger partial charge in [-0.25, -0.2) is 0 Å². The number of hydrogen-bond acceptors (Lipinski definition) is 3. The Kier molecular flexibility index (Phi) is 7.21. The fraction of sp³-hybridized carbons (Fsp3) is 0.889. The maximum atomic E-state index is 6.17. The van der Waals surface area contributed by atoms with Gasteiger partial charge in [-0.15, -0.1) is 0 Å². The van der Waals surface area contributed by atoms with E-state index in [1.807, 2.05) is 0 Å². The fourth-order valence-corrected chi connectivity index (χ4v) is 3.49. The lowest BCUT2D eigenvalue weighted by atomic mass is 9.95. The molecule has 1 saturated heterocycles. The van der Waals surface area contributed by atoms with E-state index in [-0.39, 0.29) is 0 Å². The summed E-state index contributed by atoms with van der Waals surface area (Å²) in [5, 5.41) is 3.78. The van der Waals surface area contributed by atoms with Crippen molar-refractivity contribution in [2.24, 2.45) is 0 Å². The first-order valence-electron chi connectivity index (χ1n) is 9.00. The van der Waals surface area contributed by atoms with Crippen LogP contribution in [-0.4, -0.2) is 49.3 Å². The van der Waals surface area contributed by atoms with Crippen LogP contribution in [0.3, 0.4) is 0 Å². The molecule has 1 N–H and O–H groups in total. The standard InChI is InChI=1S/C18H34N2O/c1-4-11-19-18(16-9-7-5-6-8-10-16)17-14-20(15(2)3)12-13-21-17/h9,15,17-19H,4-8,10-14H2,1-3H3. The van der Waals surface area contributed by atoms with Crippen LogP contribution in [0.5, 0.6) is 0 Å². The van der Waals surface area contributed by atoms with Crippen molar-refractivity contribution in [2.45, 2.75) is 77.5 Å². The second-order valence-corrected chi connectivity index (χ2v) is 6.81. The largest absolute Gasteiger partial charge is 0.374 e. The average molecular weight is 294 g/mol. The monoisotopic (exact) mass is 294 g/mol. The van der Waals surface area contributed by atoms with E-state index in [1.54, 1.807) is 5.57 Å². The number of morpholine rings is 1. The summed E-state index contributed by atoms with van der Waals surface area (Å²) in [6.07, 6.45) is 10.6. The first-order valence-corrected chi connectivity index (χ1v) is 9.00. The Morgan fingerprint density at radius 2 is 2.19 bits per heavy atom. The number of hydrogen-bond donors (Lipinski definition) is 1. The van der Waals surface area contributed by atoms with Crippen molar-refractivity contribution >= 4 is 0 Å². The number of nitrogens with one attached hydrogen (secondary N) is 1. The Balaban J connectivity index is 2.05. The highest BCUT2D eigenvalue weighted by atomic mass is 16.5. The maximum Gasteiger partial charge on any atom is 0.0893 e. The summed E-state index contributed by atoms with van der Waals surface area (Å²) in [6, 6.07) is 1.04. The van der Waals surface area contributed by atoms with Crippen molar-refractivity contribution in [1.29, 1.82) is 0 Å². The van der Waals surface area contributed by atoms with Crippen LogP contribution in [0.2, 0.25) is 0 Å². The fourth-order valence-electron chi connectivity index (χ4n) is 3.49. The molecule has 122 valence electrons. The summed E-state index contributed by atoms with van der Waals surface area (Å²) in [5.74, 6) is 0. The van der Waals surface area contributed by atoms with Gasteiger partial charge in [-0.3, -0.25) is 4.90 Å². The second kappa shape index (κ2) is 8.92. The molecular formula is C18H34N2O. The van der Waals surface area contributed by atoms with Crippen molar-refractivity contribution in [3.05, 3.63) is 11.6 Å². The third-order valence-corrected chi connectivity index (χ3v) is 4.82. The summed E-state index contributed by atoms with van der Waals surface area (Å²) in [7, 11) is 0. The zero-order valence-corrected chi connectivity index (χ0v) is 14.2. The molecule has 0 aromatic rings. The topological polar surface area (TPSA) is 24.5 Å². The van der Waals surface area contributed by atoms with Crippen molar-refractivity contribution in [3.8, 4) is 0 Å². The van der Waals surface area contributed by atoms with Crippen LogP contribution < -0.4 is 5.32 Å². The Hall–Kier alpha value is -0.380. The van der Waals surface area contributed by atoms with Gasteiger partial charge in [0.2, 0.25) is 0 Å². The minimum atomic E-state index is 0.317. The summed E-state index contributed by atoms with van der Waals surface area (Å²) in [6.45, 7) is 10.9. The Bertz CT molecular complexity index is 327. The van der Waals surface area contributed by atoms with E-state index in [0.717, 1.165) is 26.2 Å². The molecule has 2 rings (SSSR count). The molecule has 3 nitrogen and oxygen atoms in total. The normalized spacial score (nSPS) is 26.5. The van der Waals surface area contributed by atoms with E-state index in [2.05, 4.69) is 37.1 Å². The third kappa shape index (κ3) is 5.08. The minimum absolute atomic E-state index is 0.317. The van der Waals surface area contributed by atoms with Crippen molar-refractivity contribution in [1.82, 2.24) is 10.2 Å². The molecule has 0 aromatic carbocycles. The Morgan fingerprint density at radius 1 is 1.33 bits per heavy atom. The van der Waals surface area contributed by atoms with Gasteiger partial charge in [0.25, 0.3) is 0 Å². The highest BCUT2D eigenvalue weighted by Gasteiger charge is 2.31. The SMILES string of the molecule is CCCNC(C1=CCCCCC1)C1CN(C(C)C)CCO1. The molecule has 0 bridgehead atoms. The summed E-state index contributed by atoms with van der Waals surface area (Å²) in [5.41, 5.74) is 1.61. The van der Waals surface area contributed by atoms with Crippen LogP contribution in [0.1, 0.15) is 59.3 Å². The number of nitrogens with zero attached hydrogens (tertiary/aromatic N) is 1. The predicted octanol–water partition coefficient (Wildman–Crippen LogP) is 3.35. The first kappa shape index (κ1) is 17.0. The van der Waals surface area contributed by atoms with Crippen LogP contribution in [0, 0.1) is 0 Å². The van der Waals surface area contributed by atoms with E-state index in [1.165, 1.54) is 38.5 Å². The number of allylic oxidation sites excluding steroid dienone is 1. The number of rotatable bonds is 6. The van der Waals surface area contributed by atoms with Crippen LogP contribution in [0.25, 0.3) is 0 Å². The summed E-state index contributed by atoms with van der Waals surface area (Å²) >= 11 is 0. The molecule has 2 atom stereocenters. The third-order valence-electron chi connectivity index (χ3n) is 4.82. The van der Waals surface area contributed by atoms with E-state index >= 15 is 0 Å². The van der Waals surface area contributed by atoms with Crippen molar-refractivity contribution in [2.75, 3.05) is 26.2 Å². The number of ether oxygens (including phenoxy) is 1. The molecule has 1 heterocycles. The van der Waals surface area contributed by atoms with Crippen LogP contribution in [0.15, 0.2) is 11.6 Å². The zero-order chi connectivity index (χ0) is 15.1. The highest BCUT2D eigenvalue weighted by molar-refractivity contribution is 5.15. The van der Waals surface area contributed by atoms with Gasteiger partial charge in [0.05, 0.1) is 18.8 Å². The van der Waals surface area contributed by atoms with Gasteiger partial charge in [-0.05, 0) is 52.5 Å². The van der Waals surface area contributed by atoms with E-state index in [4.69, 9.17) is 4.74 Å². The quantitative estimate of drug-likeness (QED) is 0.760. The lowest BCUT2D eigenvalue weighted by Gasteiger charge is -2.40. The Morgan fingerprint density at radius 3 is 2.95 bits per heavy atom. The van der Waals surface area contributed by atoms with Crippen LogP contribution in [-0.2, 0) is 4.74 Å². The highest BCUT2D eigenvalue weighted by Crippen LogP contribution is 2.24. The molecular weight excluding hydrogens is 260 g/mol. The molecule has 0 saturated carbocycles. The molecule has 0 aromatic heterocycles. The van der Waals surface area contributed by atoms with Gasteiger partial charge in [0, 0.05) is 19.1 Å². The summed E-state index contributed by atoms with van der Waals surface area (Å²) in [4.78, 5) is 2.56. The van der Waals surface area contributed by atoms with E-state index in [0.29, 0.717) is 18.2 Å². The summed E-state index contributed by atoms with van der Waals surface area (Å²) < 4.78 is 6.17. The molecule has 2 unspecified atom stereocenters. The van der Waals surface area contributed by atoms with E-state index < -0.39 is 0 Å². The lowest BCUT2D eigenvalue weighted by molar-refractivity contribution is -0.0501. The first-order chi connectivity index (χ1) is 10.2. The maximum absolute atomic E-state index is 6.17. The van der Waals surface area contributed by atoms with Gasteiger partial charge >= 0.3 is 0 Å². The van der Waals surface area contributed by atoms with Gasteiger partial charge in [0.1, 0.15) is 0 Å². The Labute approximate surface area is 131 Å². The van der Waals surface area contributed by atoms with Crippen molar-refractivity contribution < 1.29 is 4.74 Å². The second-order valence-electron chi connectivity index (χ2n) is 6.81.